The monoisotopic (exact) mass is 476 g/mol. The average Bonchev–Trinajstić information content (AvgIpc) is 3.08. The molecule has 0 aromatic heterocycles. The van der Waals surface area contributed by atoms with E-state index < -0.39 is 30.3 Å². The molecule has 1 aliphatic rings. The van der Waals surface area contributed by atoms with Crippen molar-refractivity contribution in [2.24, 2.45) is 5.10 Å². The van der Waals surface area contributed by atoms with Crippen molar-refractivity contribution < 1.29 is 32.5 Å². The van der Waals surface area contributed by atoms with Gasteiger partial charge in [0.2, 0.25) is 0 Å². The molecule has 0 saturated carbocycles. The molecular weight excluding hydrogens is 460 g/mol. The van der Waals surface area contributed by atoms with Crippen LogP contribution in [0.3, 0.4) is 0 Å². The van der Waals surface area contributed by atoms with Crippen molar-refractivity contribution >= 4 is 34.8 Å². The maximum atomic E-state index is 13.7. The Morgan fingerprint density at radius 1 is 1.23 bits per heavy atom. The van der Waals surface area contributed by atoms with Crippen molar-refractivity contribution in [3.05, 3.63) is 58.1 Å². The standard InChI is InChI=1S/C20H17Cl2F3N2O4/c1-11(31-17-8-5-13(21)9-15(17)22)18(28)27-19(29,20(23,24)25)10-16(26-27)12-3-6-14(30-2)7-4-12/h3-9,11,29H,10H2,1-2H3/t11-,19-/m0/s1. The number of hydrazone groups is 1. The minimum Gasteiger partial charge on any atom is -0.497 e. The summed E-state index contributed by atoms with van der Waals surface area (Å²) in [6.07, 6.45) is -7.55. The highest BCUT2D eigenvalue weighted by molar-refractivity contribution is 6.35. The lowest BCUT2D eigenvalue weighted by Gasteiger charge is -2.33. The Labute approximate surface area is 185 Å². The van der Waals surface area contributed by atoms with Gasteiger partial charge in [0.15, 0.2) is 6.10 Å². The zero-order valence-electron chi connectivity index (χ0n) is 16.3. The van der Waals surface area contributed by atoms with Gasteiger partial charge in [0.25, 0.3) is 11.6 Å². The minimum absolute atomic E-state index is 0.0149. The van der Waals surface area contributed by atoms with Crippen LogP contribution in [0.5, 0.6) is 11.5 Å². The van der Waals surface area contributed by atoms with Crippen molar-refractivity contribution in [2.75, 3.05) is 7.11 Å². The molecule has 1 heterocycles. The fourth-order valence-electron chi connectivity index (χ4n) is 2.93. The summed E-state index contributed by atoms with van der Waals surface area (Å²) in [4.78, 5) is 12.8. The van der Waals surface area contributed by atoms with Crippen LogP contribution in [-0.2, 0) is 4.79 Å². The van der Waals surface area contributed by atoms with Crippen LogP contribution in [0.4, 0.5) is 13.2 Å². The summed E-state index contributed by atoms with van der Waals surface area (Å²) in [6.45, 7) is 1.23. The number of benzene rings is 2. The first-order valence-corrected chi connectivity index (χ1v) is 9.68. The third-order valence-electron chi connectivity index (χ3n) is 4.62. The molecule has 6 nitrogen and oxygen atoms in total. The summed E-state index contributed by atoms with van der Waals surface area (Å²) in [5.74, 6) is -0.668. The van der Waals surface area contributed by atoms with Gasteiger partial charge in [-0.2, -0.15) is 23.3 Å². The highest BCUT2D eigenvalue weighted by atomic mass is 35.5. The van der Waals surface area contributed by atoms with Crippen molar-refractivity contribution in [3.63, 3.8) is 0 Å². The van der Waals surface area contributed by atoms with Crippen LogP contribution in [0.25, 0.3) is 0 Å². The van der Waals surface area contributed by atoms with Crippen LogP contribution in [0.2, 0.25) is 10.0 Å². The van der Waals surface area contributed by atoms with Crippen molar-refractivity contribution in [2.45, 2.75) is 31.3 Å². The van der Waals surface area contributed by atoms with Gasteiger partial charge in [-0.3, -0.25) is 4.79 Å². The number of hydrogen-bond acceptors (Lipinski definition) is 5. The normalized spacial score (nSPS) is 19.7. The van der Waals surface area contributed by atoms with E-state index in [-0.39, 0.29) is 21.5 Å². The highest BCUT2D eigenvalue weighted by Gasteiger charge is 2.63. The Hall–Kier alpha value is -2.49. The van der Waals surface area contributed by atoms with Gasteiger partial charge in [0.1, 0.15) is 11.5 Å². The number of carbonyl (C=O) groups excluding carboxylic acids is 1. The second-order valence-electron chi connectivity index (χ2n) is 6.75. The Bertz CT molecular complexity index is 1010. The van der Waals surface area contributed by atoms with Crippen LogP contribution in [0, 0.1) is 0 Å². The summed E-state index contributed by atoms with van der Waals surface area (Å²) in [6, 6.07) is 10.2. The third kappa shape index (κ3) is 4.58. The molecule has 0 unspecified atom stereocenters. The zero-order chi connectivity index (χ0) is 23.0. The number of ether oxygens (including phenoxy) is 2. The van der Waals surface area contributed by atoms with Gasteiger partial charge in [0.05, 0.1) is 24.3 Å². The maximum Gasteiger partial charge on any atom is 0.438 e. The van der Waals surface area contributed by atoms with Gasteiger partial charge in [0, 0.05) is 5.02 Å². The molecule has 2 aromatic rings. The molecule has 2 aromatic carbocycles. The Balaban J connectivity index is 1.91. The summed E-state index contributed by atoms with van der Waals surface area (Å²) >= 11 is 11.8. The van der Waals surface area contributed by atoms with Crippen LogP contribution in [0.15, 0.2) is 47.6 Å². The van der Waals surface area contributed by atoms with E-state index in [1.54, 1.807) is 0 Å². The van der Waals surface area contributed by atoms with E-state index in [1.807, 2.05) is 0 Å². The van der Waals surface area contributed by atoms with Crippen molar-refractivity contribution in [3.8, 4) is 11.5 Å². The van der Waals surface area contributed by atoms with E-state index >= 15 is 0 Å². The zero-order valence-corrected chi connectivity index (χ0v) is 17.8. The molecule has 2 atom stereocenters. The average molecular weight is 477 g/mol. The molecule has 3 rings (SSSR count). The quantitative estimate of drug-likeness (QED) is 0.681. The molecule has 0 fully saturated rings. The number of carbonyl (C=O) groups is 1. The predicted octanol–water partition coefficient (Wildman–Crippen LogP) is 4.66. The van der Waals surface area contributed by atoms with Gasteiger partial charge < -0.3 is 14.6 Å². The van der Waals surface area contributed by atoms with E-state index in [2.05, 4.69) is 5.10 Å². The highest BCUT2D eigenvalue weighted by Crippen LogP contribution is 2.42. The number of aliphatic hydroxyl groups is 1. The summed E-state index contributed by atoms with van der Waals surface area (Å²) in [5, 5.41) is 14.6. The SMILES string of the molecule is COc1ccc(C2=NN(C(=O)[C@H](C)Oc3ccc(Cl)cc3Cl)[C@@](O)(C(F)(F)F)C2)cc1. The van der Waals surface area contributed by atoms with Gasteiger partial charge in [-0.25, -0.2) is 0 Å². The number of methoxy groups -OCH3 is 1. The maximum absolute atomic E-state index is 13.7. The number of hydrogen-bond donors (Lipinski definition) is 1. The first-order valence-electron chi connectivity index (χ1n) is 8.93. The molecular formula is C20H17Cl2F3N2O4. The Morgan fingerprint density at radius 3 is 2.42 bits per heavy atom. The minimum atomic E-state index is -5.17. The third-order valence-corrected chi connectivity index (χ3v) is 5.15. The fourth-order valence-corrected chi connectivity index (χ4v) is 3.38. The topological polar surface area (TPSA) is 71.4 Å². The smallest absolute Gasteiger partial charge is 0.438 e. The van der Waals surface area contributed by atoms with Crippen LogP contribution < -0.4 is 9.47 Å². The molecule has 0 aliphatic carbocycles. The Kier molecular flexibility index (Phi) is 6.40. The lowest BCUT2D eigenvalue weighted by Crippen LogP contribution is -2.58. The molecule has 0 spiro atoms. The molecule has 31 heavy (non-hydrogen) atoms. The molecule has 11 heteroatoms. The number of amides is 1. The summed E-state index contributed by atoms with van der Waals surface area (Å²) in [7, 11) is 1.44. The molecule has 166 valence electrons. The first-order chi connectivity index (χ1) is 14.5. The second-order valence-corrected chi connectivity index (χ2v) is 7.59. The Morgan fingerprint density at radius 2 is 1.87 bits per heavy atom. The van der Waals surface area contributed by atoms with Gasteiger partial charge in [-0.05, 0) is 55.0 Å². The van der Waals surface area contributed by atoms with E-state index in [0.717, 1.165) is 0 Å². The van der Waals surface area contributed by atoms with Crippen LogP contribution >= 0.6 is 23.2 Å². The van der Waals surface area contributed by atoms with Gasteiger partial charge >= 0.3 is 6.18 Å². The molecule has 0 saturated heterocycles. The lowest BCUT2D eigenvalue weighted by molar-refractivity contribution is -0.303. The predicted molar refractivity (Wildman–Crippen MR) is 109 cm³/mol. The summed E-state index contributed by atoms with van der Waals surface area (Å²) < 4.78 is 51.7. The molecule has 1 N–H and O–H groups in total. The van der Waals surface area contributed by atoms with Gasteiger partial charge in [-0.15, -0.1) is 0 Å². The van der Waals surface area contributed by atoms with Crippen molar-refractivity contribution in [1.29, 1.82) is 0 Å². The largest absolute Gasteiger partial charge is 0.497 e. The number of nitrogens with zero attached hydrogens (tertiary/aromatic N) is 2. The van der Waals surface area contributed by atoms with Gasteiger partial charge in [-0.1, -0.05) is 23.2 Å². The van der Waals surface area contributed by atoms with E-state index in [0.29, 0.717) is 16.3 Å². The molecule has 0 radical (unpaired) electrons. The molecule has 1 aliphatic heterocycles. The van der Waals surface area contributed by atoms with Crippen molar-refractivity contribution in [1.82, 2.24) is 5.01 Å². The summed E-state index contributed by atoms with van der Waals surface area (Å²) in [5.41, 5.74) is -3.35. The molecule has 1 amide bonds. The van der Waals surface area contributed by atoms with Crippen LogP contribution in [-0.4, -0.2) is 46.8 Å². The van der Waals surface area contributed by atoms with Crippen LogP contribution in [0.1, 0.15) is 18.9 Å². The second kappa shape index (κ2) is 8.57. The first kappa shape index (κ1) is 23.2. The molecule has 0 bridgehead atoms. The number of rotatable bonds is 5. The fraction of sp³-hybridized carbons (Fsp3) is 0.300. The van der Waals surface area contributed by atoms with E-state index in [1.165, 1.54) is 56.5 Å². The van der Waals surface area contributed by atoms with E-state index in [9.17, 15) is 23.1 Å². The lowest BCUT2D eigenvalue weighted by atomic mass is 10.0. The van der Waals surface area contributed by atoms with E-state index in [4.69, 9.17) is 32.7 Å². The number of alkyl halides is 3. The number of halogens is 5.